The molecular weight excluding hydrogens is 292 g/mol. The fraction of sp³-hybridized carbons (Fsp3) is 0. The molecule has 1 heterocycles. The van der Waals surface area contributed by atoms with Crippen molar-refractivity contribution < 1.29 is 9.90 Å². The van der Waals surface area contributed by atoms with Crippen LogP contribution in [0, 0.1) is 0 Å². The minimum Gasteiger partial charge on any atom is -0.478 e. The van der Waals surface area contributed by atoms with Crippen LogP contribution in [0.5, 0.6) is 0 Å². The Morgan fingerprint density at radius 1 is 1.19 bits per heavy atom. The average molecular weight is 301 g/mol. The summed E-state index contributed by atoms with van der Waals surface area (Å²) >= 11 is 6.08. The second-order valence-electron chi connectivity index (χ2n) is 4.41. The van der Waals surface area contributed by atoms with E-state index in [0.29, 0.717) is 21.6 Å². The Kier molecular flexibility index (Phi) is 3.19. The maximum Gasteiger partial charge on any atom is 0.335 e. The molecule has 3 aromatic rings. The zero-order valence-electron chi connectivity index (χ0n) is 10.7. The van der Waals surface area contributed by atoms with Gasteiger partial charge in [-0.15, -0.1) is 0 Å². The number of carbonyl (C=O) groups is 1. The van der Waals surface area contributed by atoms with Crippen molar-refractivity contribution in [2.75, 3.05) is 0 Å². The number of nitrogens with zero attached hydrogens (tertiary/aromatic N) is 2. The summed E-state index contributed by atoms with van der Waals surface area (Å²) in [5.41, 5.74) is 0.652. The maximum absolute atomic E-state index is 12.5. The molecule has 0 radical (unpaired) electrons. The lowest BCUT2D eigenvalue weighted by molar-refractivity contribution is 0.0697. The van der Waals surface area contributed by atoms with E-state index < -0.39 is 5.97 Å². The van der Waals surface area contributed by atoms with Crippen LogP contribution in [0.3, 0.4) is 0 Å². The number of carboxylic acids is 1. The summed E-state index contributed by atoms with van der Waals surface area (Å²) in [7, 11) is 0. The van der Waals surface area contributed by atoms with Crippen molar-refractivity contribution in [3.8, 4) is 5.69 Å². The van der Waals surface area contributed by atoms with Crippen molar-refractivity contribution in [1.29, 1.82) is 0 Å². The highest BCUT2D eigenvalue weighted by atomic mass is 35.5. The zero-order valence-corrected chi connectivity index (χ0v) is 11.4. The van der Waals surface area contributed by atoms with Crippen LogP contribution >= 0.6 is 11.6 Å². The highest BCUT2D eigenvalue weighted by Gasteiger charge is 2.10. The van der Waals surface area contributed by atoms with Crippen LogP contribution in [0.4, 0.5) is 0 Å². The first kappa shape index (κ1) is 13.3. The lowest BCUT2D eigenvalue weighted by atomic mass is 10.1. The van der Waals surface area contributed by atoms with E-state index >= 15 is 0 Å². The lowest BCUT2D eigenvalue weighted by Gasteiger charge is -2.08. The van der Waals surface area contributed by atoms with Crippen molar-refractivity contribution in [2.24, 2.45) is 0 Å². The van der Waals surface area contributed by atoms with E-state index in [9.17, 15) is 9.59 Å². The Hall–Kier alpha value is -2.66. The second-order valence-corrected chi connectivity index (χ2v) is 4.82. The van der Waals surface area contributed by atoms with E-state index in [1.165, 1.54) is 29.1 Å². The van der Waals surface area contributed by atoms with Gasteiger partial charge in [0.15, 0.2) is 0 Å². The molecule has 0 spiro atoms. The van der Waals surface area contributed by atoms with Crippen LogP contribution in [-0.4, -0.2) is 20.6 Å². The Morgan fingerprint density at radius 3 is 2.67 bits per heavy atom. The number of para-hydroxylation sites is 1. The van der Waals surface area contributed by atoms with Gasteiger partial charge in [-0.2, -0.15) is 0 Å². The third-order valence-corrected chi connectivity index (χ3v) is 3.44. The molecule has 0 aliphatic rings. The number of hydrogen-bond donors (Lipinski definition) is 1. The third kappa shape index (κ3) is 2.28. The van der Waals surface area contributed by atoms with E-state index in [1.54, 1.807) is 24.3 Å². The predicted molar refractivity (Wildman–Crippen MR) is 79.3 cm³/mol. The molecule has 1 N–H and O–H groups in total. The van der Waals surface area contributed by atoms with Crippen LogP contribution in [0.25, 0.3) is 16.6 Å². The predicted octanol–water partition coefficient (Wildman–Crippen LogP) is 2.74. The third-order valence-electron chi connectivity index (χ3n) is 3.12. The highest BCUT2D eigenvalue weighted by molar-refractivity contribution is 6.32. The summed E-state index contributed by atoms with van der Waals surface area (Å²) in [5.74, 6) is -1.06. The molecule has 0 bridgehead atoms. The first-order valence-electron chi connectivity index (χ1n) is 6.07. The normalized spacial score (nSPS) is 10.7. The molecule has 0 amide bonds. The van der Waals surface area contributed by atoms with Gasteiger partial charge in [-0.3, -0.25) is 9.36 Å². The Morgan fingerprint density at radius 2 is 1.95 bits per heavy atom. The second kappa shape index (κ2) is 5.03. The molecule has 0 atom stereocenters. The number of benzene rings is 2. The van der Waals surface area contributed by atoms with E-state index in [0.717, 1.165) is 0 Å². The Bertz CT molecular complexity index is 918. The van der Waals surface area contributed by atoms with Crippen LogP contribution in [0.1, 0.15) is 10.4 Å². The molecule has 0 aliphatic heterocycles. The minimum absolute atomic E-state index is 0.0879. The van der Waals surface area contributed by atoms with E-state index in [4.69, 9.17) is 16.7 Å². The monoisotopic (exact) mass is 300 g/mol. The van der Waals surface area contributed by atoms with Crippen molar-refractivity contribution in [3.63, 3.8) is 0 Å². The summed E-state index contributed by atoms with van der Waals surface area (Å²) < 4.78 is 1.34. The number of aromatic nitrogens is 2. The zero-order chi connectivity index (χ0) is 15.0. The highest BCUT2D eigenvalue weighted by Crippen LogP contribution is 2.19. The van der Waals surface area contributed by atoms with Gasteiger partial charge in [0, 0.05) is 0 Å². The number of carboxylic acid groups (broad SMARTS) is 1. The fourth-order valence-electron chi connectivity index (χ4n) is 2.07. The smallest absolute Gasteiger partial charge is 0.335 e. The van der Waals surface area contributed by atoms with Gasteiger partial charge in [0.05, 0.1) is 27.2 Å². The van der Waals surface area contributed by atoms with Crippen molar-refractivity contribution in [2.45, 2.75) is 0 Å². The SMILES string of the molecule is O=C(O)c1ccc2c(=O)n(-c3ccccc3Cl)cnc2c1. The molecule has 0 aliphatic carbocycles. The van der Waals surface area contributed by atoms with Gasteiger partial charge in [0.1, 0.15) is 6.33 Å². The van der Waals surface area contributed by atoms with Gasteiger partial charge in [-0.1, -0.05) is 23.7 Å². The van der Waals surface area contributed by atoms with Crippen LogP contribution in [0.2, 0.25) is 5.02 Å². The van der Waals surface area contributed by atoms with Crippen molar-refractivity contribution in [3.05, 3.63) is 69.7 Å². The molecule has 3 rings (SSSR count). The molecule has 104 valence electrons. The van der Waals surface area contributed by atoms with Crippen molar-refractivity contribution >= 4 is 28.5 Å². The molecular formula is C15H9ClN2O3. The molecule has 0 saturated carbocycles. The van der Waals surface area contributed by atoms with Crippen LogP contribution in [-0.2, 0) is 0 Å². The summed E-state index contributed by atoms with van der Waals surface area (Å²) in [5, 5.41) is 9.72. The van der Waals surface area contributed by atoms with Gasteiger partial charge in [0.25, 0.3) is 5.56 Å². The fourth-order valence-corrected chi connectivity index (χ4v) is 2.30. The summed E-state index contributed by atoms with van der Waals surface area (Å²) in [6, 6.07) is 11.1. The lowest BCUT2D eigenvalue weighted by Crippen LogP contribution is -2.19. The van der Waals surface area contributed by atoms with Gasteiger partial charge in [0.2, 0.25) is 0 Å². The standard InChI is InChI=1S/C15H9ClN2O3/c16-11-3-1-2-4-13(11)18-8-17-12-7-9(15(20)21)5-6-10(12)14(18)19/h1-8H,(H,20,21). The summed E-state index contributed by atoms with van der Waals surface area (Å²) in [6.07, 6.45) is 1.34. The van der Waals surface area contributed by atoms with Gasteiger partial charge in [-0.25, -0.2) is 9.78 Å². The molecule has 21 heavy (non-hydrogen) atoms. The van der Waals surface area contributed by atoms with E-state index in [1.807, 2.05) is 0 Å². The van der Waals surface area contributed by atoms with Crippen LogP contribution in [0.15, 0.2) is 53.6 Å². The molecule has 2 aromatic carbocycles. The van der Waals surface area contributed by atoms with Gasteiger partial charge >= 0.3 is 5.97 Å². The molecule has 0 saturated heterocycles. The Balaban J connectivity index is 2.27. The maximum atomic E-state index is 12.5. The molecule has 6 heteroatoms. The molecule has 0 fully saturated rings. The largest absolute Gasteiger partial charge is 0.478 e. The van der Waals surface area contributed by atoms with E-state index in [-0.39, 0.29) is 11.1 Å². The average Bonchev–Trinajstić information content (AvgIpc) is 2.48. The quantitative estimate of drug-likeness (QED) is 0.790. The number of hydrogen-bond acceptors (Lipinski definition) is 3. The topological polar surface area (TPSA) is 72.2 Å². The van der Waals surface area contributed by atoms with E-state index in [2.05, 4.69) is 4.98 Å². The van der Waals surface area contributed by atoms with Crippen molar-refractivity contribution in [1.82, 2.24) is 9.55 Å². The minimum atomic E-state index is -1.06. The summed E-state index contributed by atoms with van der Waals surface area (Å²) in [4.78, 5) is 27.6. The number of rotatable bonds is 2. The number of halogens is 1. The Labute approximate surface area is 124 Å². The first-order chi connectivity index (χ1) is 10.1. The molecule has 0 unspecified atom stereocenters. The number of fused-ring (bicyclic) bond motifs is 1. The summed E-state index contributed by atoms with van der Waals surface area (Å²) in [6.45, 7) is 0. The molecule has 5 nitrogen and oxygen atoms in total. The first-order valence-corrected chi connectivity index (χ1v) is 6.45. The molecule has 1 aromatic heterocycles. The van der Waals surface area contributed by atoms with Gasteiger partial charge < -0.3 is 5.11 Å². The number of aromatic carboxylic acids is 1. The van der Waals surface area contributed by atoms with Gasteiger partial charge in [-0.05, 0) is 30.3 Å². The van der Waals surface area contributed by atoms with Crippen LogP contribution < -0.4 is 5.56 Å².